The minimum atomic E-state index is -0.651. The molecule has 18 heavy (non-hydrogen) atoms. The van der Waals surface area contributed by atoms with E-state index in [2.05, 4.69) is 21.2 Å². The first-order valence-corrected chi connectivity index (χ1v) is 7.31. The lowest BCUT2D eigenvalue weighted by molar-refractivity contribution is 0.0990. The second-order valence-corrected chi connectivity index (χ2v) is 5.34. The van der Waals surface area contributed by atoms with Crippen LogP contribution in [-0.4, -0.2) is 35.3 Å². The predicted octanol–water partition coefficient (Wildman–Crippen LogP) is 3.27. The molecular weight excluding hydrogens is 341 g/mol. The zero-order valence-corrected chi connectivity index (χ0v) is 12.7. The number of benzene rings is 1. The van der Waals surface area contributed by atoms with Gasteiger partial charge in [0.2, 0.25) is 0 Å². The number of hydrogen-bond donors (Lipinski definition) is 2. The molecule has 0 saturated heterocycles. The Balaban J connectivity index is 2.86. The first-order valence-electron chi connectivity index (χ1n) is 5.45. The van der Waals surface area contributed by atoms with Crippen molar-refractivity contribution in [2.24, 2.45) is 0 Å². The minimum absolute atomic E-state index is 0.0274. The second-order valence-electron chi connectivity index (χ2n) is 3.74. The van der Waals surface area contributed by atoms with Gasteiger partial charge in [0.15, 0.2) is 5.78 Å². The van der Waals surface area contributed by atoms with Crippen LogP contribution < -0.4 is 5.32 Å². The van der Waals surface area contributed by atoms with E-state index in [1.54, 1.807) is 18.2 Å². The van der Waals surface area contributed by atoms with Crippen LogP contribution in [0.2, 0.25) is 0 Å². The van der Waals surface area contributed by atoms with E-state index >= 15 is 0 Å². The fourth-order valence-corrected chi connectivity index (χ4v) is 2.05. The molecule has 0 bridgehead atoms. The molecule has 1 atom stereocenters. The third kappa shape index (κ3) is 4.76. The maximum atomic E-state index is 11.9. The van der Waals surface area contributed by atoms with Crippen molar-refractivity contribution >= 4 is 50.6 Å². The fourth-order valence-electron chi connectivity index (χ4n) is 1.41. The summed E-state index contributed by atoms with van der Waals surface area (Å²) in [7, 11) is 0. The highest BCUT2D eigenvalue weighted by Gasteiger charge is 2.12. The summed E-state index contributed by atoms with van der Waals surface area (Å²) in [6.45, 7) is 0.293. The van der Waals surface area contributed by atoms with E-state index in [9.17, 15) is 9.90 Å². The number of hydrogen-bond acceptors (Lipinski definition) is 3. The van der Waals surface area contributed by atoms with Crippen molar-refractivity contribution in [3.8, 4) is 0 Å². The summed E-state index contributed by atoms with van der Waals surface area (Å²) in [6.07, 6.45) is -0.364. The van der Waals surface area contributed by atoms with Gasteiger partial charge in [-0.15, -0.1) is 23.2 Å². The Morgan fingerprint density at radius 3 is 2.78 bits per heavy atom. The van der Waals surface area contributed by atoms with Gasteiger partial charge in [-0.05, 0) is 18.2 Å². The summed E-state index contributed by atoms with van der Waals surface area (Å²) in [6, 6.07) is 5.32. The Kier molecular flexibility index (Phi) is 7.00. The zero-order chi connectivity index (χ0) is 13.5. The summed E-state index contributed by atoms with van der Waals surface area (Å²) in [5.74, 6) is 0.408. The number of alkyl halides is 2. The van der Waals surface area contributed by atoms with Gasteiger partial charge in [0.1, 0.15) is 0 Å². The van der Waals surface area contributed by atoms with Gasteiger partial charge in [-0.3, -0.25) is 4.79 Å². The Morgan fingerprint density at radius 1 is 1.44 bits per heavy atom. The van der Waals surface area contributed by atoms with E-state index < -0.39 is 6.10 Å². The highest BCUT2D eigenvalue weighted by atomic mass is 79.9. The van der Waals surface area contributed by atoms with Crippen molar-refractivity contribution in [2.75, 3.05) is 23.6 Å². The molecule has 0 radical (unpaired) electrons. The molecular formula is C12H14BrCl2NO2. The molecule has 1 rings (SSSR count). The third-order valence-corrected chi connectivity index (χ3v) is 3.35. The molecule has 1 aromatic rings. The van der Waals surface area contributed by atoms with Crippen molar-refractivity contribution < 1.29 is 9.90 Å². The highest BCUT2D eigenvalue weighted by molar-refractivity contribution is 9.10. The van der Waals surface area contributed by atoms with Crippen LogP contribution in [0, 0.1) is 0 Å². The van der Waals surface area contributed by atoms with Crippen LogP contribution in [-0.2, 0) is 0 Å². The van der Waals surface area contributed by atoms with E-state index in [4.69, 9.17) is 23.2 Å². The molecule has 0 heterocycles. The Labute approximate surface area is 125 Å². The van der Waals surface area contributed by atoms with Crippen LogP contribution in [0.1, 0.15) is 16.8 Å². The molecule has 3 nitrogen and oxygen atoms in total. The second kappa shape index (κ2) is 8.00. The van der Waals surface area contributed by atoms with E-state index in [-0.39, 0.29) is 18.1 Å². The average molecular weight is 355 g/mol. The van der Waals surface area contributed by atoms with Crippen molar-refractivity contribution in [1.82, 2.24) is 0 Å². The number of anilines is 1. The summed E-state index contributed by atoms with van der Waals surface area (Å²) < 4.78 is 0.854. The Hall–Kier alpha value is -0.290. The van der Waals surface area contributed by atoms with Crippen molar-refractivity contribution in [2.45, 2.75) is 12.5 Å². The van der Waals surface area contributed by atoms with Gasteiger partial charge in [0.25, 0.3) is 0 Å². The van der Waals surface area contributed by atoms with E-state index in [1.807, 2.05) is 0 Å². The summed E-state index contributed by atoms with van der Waals surface area (Å²) in [5.41, 5.74) is 1.24. The van der Waals surface area contributed by atoms with Gasteiger partial charge in [-0.25, -0.2) is 0 Å². The number of aliphatic hydroxyl groups excluding tert-OH is 1. The minimum Gasteiger partial charge on any atom is -0.390 e. The molecule has 0 aromatic heterocycles. The average Bonchev–Trinajstić information content (AvgIpc) is 2.36. The molecule has 0 saturated carbocycles. The Bertz CT molecular complexity index is 415. The SMILES string of the molecule is O=C(CCCl)c1ccc(Br)cc1NCC(O)CCl. The largest absolute Gasteiger partial charge is 0.390 e. The van der Waals surface area contributed by atoms with Crippen LogP contribution in [0.5, 0.6) is 0 Å². The van der Waals surface area contributed by atoms with Gasteiger partial charge >= 0.3 is 0 Å². The molecule has 0 spiro atoms. The maximum absolute atomic E-state index is 11.9. The maximum Gasteiger partial charge on any atom is 0.166 e. The highest BCUT2D eigenvalue weighted by Crippen LogP contribution is 2.23. The number of rotatable bonds is 7. The van der Waals surface area contributed by atoms with E-state index in [1.165, 1.54) is 0 Å². The number of carbonyl (C=O) groups excluding carboxylic acids is 1. The molecule has 1 aromatic carbocycles. The van der Waals surface area contributed by atoms with Crippen molar-refractivity contribution in [1.29, 1.82) is 0 Å². The van der Waals surface area contributed by atoms with Crippen molar-refractivity contribution in [3.63, 3.8) is 0 Å². The molecule has 100 valence electrons. The number of nitrogens with one attached hydrogen (secondary N) is 1. The monoisotopic (exact) mass is 353 g/mol. The van der Waals surface area contributed by atoms with Crippen LogP contribution in [0.25, 0.3) is 0 Å². The Morgan fingerprint density at radius 2 is 2.17 bits per heavy atom. The molecule has 0 fully saturated rings. The van der Waals surface area contributed by atoms with Crippen LogP contribution >= 0.6 is 39.1 Å². The smallest absolute Gasteiger partial charge is 0.166 e. The first-order chi connectivity index (χ1) is 8.58. The number of aliphatic hydroxyl groups is 1. The van der Waals surface area contributed by atoms with Crippen LogP contribution in [0.4, 0.5) is 5.69 Å². The lowest BCUT2D eigenvalue weighted by atomic mass is 10.1. The lowest BCUT2D eigenvalue weighted by Gasteiger charge is -2.14. The number of ketones is 1. The number of Topliss-reactive ketones (excluding diaryl/α,β-unsaturated/α-hetero) is 1. The molecule has 6 heteroatoms. The van der Waals surface area contributed by atoms with E-state index in [0.717, 1.165) is 4.47 Å². The molecule has 0 aliphatic carbocycles. The molecule has 2 N–H and O–H groups in total. The van der Waals surface area contributed by atoms with Gasteiger partial charge in [-0.1, -0.05) is 15.9 Å². The van der Waals surface area contributed by atoms with Gasteiger partial charge in [0, 0.05) is 34.6 Å². The summed E-state index contributed by atoms with van der Waals surface area (Å²) in [4.78, 5) is 11.9. The molecule has 1 unspecified atom stereocenters. The normalized spacial score (nSPS) is 12.2. The summed E-state index contributed by atoms with van der Waals surface area (Å²) >= 11 is 14.4. The lowest BCUT2D eigenvalue weighted by Crippen LogP contribution is -2.21. The van der Waals surface area contributed by atoms with Gasteiger partial charge < -0.3 is 10.4 Å². The standard InChI is InChI=1S/C12H14BrCl2NO2/c13-8-1-2-10(12(18)3-4-14)11(5-8)16-7-9(17)6-15/h1-2,5,9,16-17H,3-4,6-7H2. The predicted molar refractivity (Wildman–Crippen MR) is 79.0 cm³/mol. The van der Waals surface area contributed by atoms with Gasteiger partial charge in [-0.2, -0.15) is 0 Å². The topological polar surface area (TPSA) is 49.3 Å². The van der Waals surface area contributed by atoms with Crippen molar-refractivity contribution in [3.05, 3.63) is 28.2 Å². The van der Waals surface area contributed by atoms with Crippen LogP contribution in [0.15, 0.2) is 22.7 Å². The van der Waals surface area contributed by atoms with E-state index in [0.29, 0.717) is 23.7 Å². The van der Waals surface area contributed by atoms with Gasteiger partial charge in [0.05, 0.1) is 12.0 Å². The number of halogens is 3. The fraction of sp³-hybridized carbons (Fsp3) is 0.417. The third-order valence-electron chi connectivity index (χ3n) is 2.31. The number of carbonyl (C=O) groups is 1. The first kappa shape index (κ1) is 15.8. The van der Waals surface area contributed by atoms with Crippen LogP contribution in [0.3, 0.4) is 0 Å². The quantitative estimate of drug-likeness (QED) is 0.583. The summed E-state index contributed by atoms with van der Waals surface area (Å²) in [5, 5.41) is 12.4. The zero-order valence-electron chi connectivity index (χ0n) is 9.63. The molecule has 0 amide bonds. The molecule has 0 aliphatic rings. The molecule has 0 aliphatic heterocycles.